The minimum absolute atomic E-state index is 0.00748. The standard InChI is InChI=1S/C19H31N3O3/c1-4-22(5-2)16(17-10-9-13-25-17)14-20-18(24)19(21-15(3)23)11-7-6-8-12-19/h9-10,13,16H,4-8,11-12,14H2,1-3H3,(H,20,24)(H,21,23)/t16-/m0/s1. The van der Waals surface area contributed by atoms with Gasteiger partial charge in [0.05, 0.1) is 12.3 Å². The zero-order chi connectivity index (χ0) is 18.3. The van der Waals surface area contributed by atoms with Gasteiger partial charge in [0.1, 0.15) is 11.3 Å². The largest absolute Gasteiger partial charge is 0.468 e. The van der Waals surface area contributed by atoms with E-state index in [2.05, 4.69) is 29.4 Å². The van der Waals surface area contributed by atoms with Gasteiger partial charge < -0.3 is 15.1 Å². The normalized spacial score (nSPS) is 17.9. The van der Waals surface area contributed by atoms with E-state index in [-0.39, 0.29) is 17.9 Å². The molecule has 2 amide bonds. The van der Waals surface area contributed by atoms with E-state index in [1.165, 1.54) is 6.92 Å². The van der Waals surface area contributed by atoms with Gasteiger partial charge >= 0.3 is 0 Å². The van der Waals surface area contributed by atoms with Crippen molar-refractivity contribution in [2.75, 3.05) is 19.6 Å². The van der Waals surface area contributed by atoms with Gasteiger partial charge in [-0.05, 0) is 38.1 Å². The van der Waals surface area contributed by atoms with Crippen LogP contribution in [0.3, 0.4) is 0 Å². The van der Waals surface area contributed by atoms with Gasteiger partial charge in [0, 0.05) is 13.5 Å². The first-order chi connectivity index (χ1) is 12.0. The van der Waals surface area contributed by atoms with Gasteiger partial charge in [-0.25, -0.2) is 0 Å². The molecule has 0 aliphatic heterocycles. The van der Waals surface area contributed by atoms with Crippen molar-refractivity contribution in [3.05, 3.63) is 24.2 Å². The summed E-state index contributed by atoms with van der Waals surface area (Å²) in [6, 6.07) is 3.80. The van der Waals surface area contributed by atoms with Crippen LogP contribution in [0.25, 0.3) is 0 Å². The zero-order valence-corrected chi connectivity index (χ0v) is 15.6. The van der Waals surface area contributed by atoms with Crippen molar-refractivity contribution >= 4 is 11.8 Å². The zero-order valence-electron chi connectivity index (χ0n) is 15.6. The first-order valence-electron chi connectivity index (χ1n) is 9.37. The van der Waals surface area contributed by atoms with E-state index in [0.29, 0.717) is 19.4 Å². The van der Waals surface area contributed by atoms with Gasteiger partial charge in [-0.15, -0.1) is 0 Å². The van der Waals surface area contributed by atoms with E-state index in [0.717, 1.165) is 38.1 Å². The highest BCUT2D eigenvalue weighted by molar-refractivity contribution is 5.91. The molecule has 1 aliphatic rings. The molecule has 6 nitrogen and oxygen atoms in total. The second-order valence-electron chi connectivity index (χ2n) is 6.79. The topological polar surface area (TPSA) is 74.6 Å². The van der Waals surface area contributed by atoms with Crippen molar-refractivity contribution < 1.29 is 14.0 Å². The molecule has 1 aliphatic carbocycles. The summed E-state index contributed by atoms with van der Waals surface area (Å²) < 4.78 is 5.59. The Morgan fingerprint density at radius 3 is 2.44 bits per heavy atom. The van der Waals surface area contributed by atoms with Crippen LogP contribution in [0.15, 0.2) is 22.8 Å². The minimum atomic E-state index is -0.763. The number of hydrogen-bond donors (Lipinski definition) is 2. The summed E-state index contributed by atoms with van der Waals surface area (Å²) in [6.07, 6.45) is 6.11. The summed E-state index contributed by atoms with van der Waals surface area (Å²) in [7, 11) is 0. The lowest BCUT2D eigenvalue weighted by molar-refractivity contribution is -0.134. The van der Waals surface area contributed by atoms with Crippen LogP contribution in [-0.2, 0) is 9.59 Å². The predicted octanol–water partition coefficient (Wildman–Crippen LogP) is 2.62. The Labute approximate surface area is 150 Å². The van der Waals surface area contributed by atoms with E-state index in [1.807, 2.05) is 12.1 Å². The monoisotopic (exact) mass is 349 g/mol. The molecule has 1 aromatic rings. The van der Waals surface area contributed by atoms with Crippen LogP contribution >= 0.6 is 0 Å². The minimum Gasteiger partial charge on any atom is -0.468 e. The maximum Gasteiger partial charge on any atom is 0.245 e. The van der Waals surface area contributed by atoms with E-state index in [9.17, 15) is 9.59 Å². The molecule has 0 aromatic carbocycles. The third-order valence-electron chi connectivity index (χ3n) is 5.14. The van der Waals surface area contributed by atoms with Crippen LogP contribution in [0, 0.1) is 0 Å². The maximum absolute atomic E-state index is 13.0. The van der Waals surface area contributed by atoms with Gasteiger partial charge in [0.2, 0.25) is 11.8 Å². The molecule has 0 saturated heterocycles. The van der Waals surface area contributed by atoms with Crippen LogP contribution in [0.1, 0.15) is 64.7 Å². The average Bonchev–Trinajstić information content (AvgIpc) is 3.12. The molecule has 2 rings (SSSR count). The predicted molar refractivity (Wildman–Crippen MR) is 97.0 cm³/mol. The molecule has 0 unspecified atom stereocenters. The van der Waals surface area contributed by atoms with Gasteiger partial charge in [-0.1, -0.05) is 33.1 Å². The Balaban J connectivity index is 2.09. The van der Waals surface area contributed by atoms with Crippen molar-refractivity contribution in [2.24, 2.45) is 0 Å². The molecule has 0 bridgehead atoms. The lowest BCUT2D eigenvalue weighted by Crippen LogP contribution is -2.60. The Morgan fingerprint density at radius 1 is 1.24 bits per heavy atom. The van der Waals surface area contributed by atoms with E-state index in [1.54, 1.807) is 6.26 Å². The summed E-state index contributed by atoms with van der Waals surface area (Å²) in [4.78, 5) is 26.8. The summed E-state index contributed by atoms with van der Waals surface area (Å²) in [6.45, 7) is 7.88. The summed E-state index contributed by atoms with van der Waals surface area (Å²) in [5, 5.41) is 6.00. The van der Waals surface area contributed by atoms with E-state index >= 15 is 0 Å². The molecule has 1 fully saturated rings. The van der Waals surface area contributed by atoms with Crippen LogP contribution in [0.5, 0.6) is 0 Å². The second kappa shape index (κ2) is 9.04. The quantitative estimate of drug-likeness (QED) is 0.756. The Bertz CT molecular complexity index is 546. The Morgan fingerprint density at radius 2 is 1.92 bits per heavy atom. The van der Waals surface area contributed by atoms with Crippen LogP contribution < -0.4 is 10.6 Å². The van der Waals surface area contributed by atoms with Crippen LogP contribution in [0.4, 0.5) is 0 Å². The summed E-state index contributed by atoms with van der Waals surface area (Å²) >= 11 is 0. The molecule has 1 atom stereocenters. The van der Waals surface area contributed by atoms with Crippen molar-refractivity contribution in [1.82, 2.24) is 15.5 Å². The number of nitrogens with one attached hydrogen (secondary N) is 2. The van der Waals surface area contributed by atoms with Gasteiger partial charge in [-0.2, -0.15) is 0 Å². The fourth-order valence-corrected chi connectivity index (χ4v) is 3.81. The fraction of sp³-hybridized carbons (Fsp3) is 0.684. The summed E-state index contributed by atoms with van der Waals surface area (Å²) in [5.74, 6) is 0.621. The number of furan rings is 1. The molecule has 1 heterocycles. The van der Waals surface area contributed by atoms with Gasteiger partial charge in [-0.3, -0.25) is 14.5 Å². The van der Waals surface area contributed by atoms with E-state index < -0.39 is 5.54 Å². The SMILES string of the molecule is CCN(CC)[C@@H](CNC(=O)C1(NC(C)=O)CCCCC1)c1ccco1. The molecule has 1 saturated carbocycles. The molecule has 6 heteroatoms. The number of carbonyl (C=O) groups is 2. The molecular weight excluding hydrogens is 318 g/mol. The highest BCUT2D eigenvalue weighted by atomic mass is 16.3. The van der Waals surface area contributed by atoms with Crippen LogP contribution in [-0.4, -0.2) is 41.9 Å². The Hall–Kier alpha value is -1.82. The number of carbonyl (C=O) groups excluding carboxylic acids is 2. The number of amides is 2. The Kier molecular flexibility index (Phi) is 7.05. The lowest BCUT2D eigenvalue weighted by atomic mass is 9.80. The van der Waals surface area contributed by atoms with E-state index in [4.69, 9.17) is 4.42 Å². The molecule has 140 valence electrons. The second-order valence-corrected chi connectivity index (χ2v) is 6.79. The summed E-state index contributed by atoms with van der Waals surface area (Å²) in [5.41, 5.74) is -0.763. The van der Waals surface area contributed by atoms with Crippen molar-refractivity contribution in [1.29, 1.82) is 0 Å². The first kappa shape index (κ1) is 19.5. The molecule has 25 heavy (non-hydrogen) atoms. The smallest absolute Gasteiger partial charge is 0.245 e. The third-order valence-corrected chi connectivity index (χ3v) is 5.14. The van der Waals surface area contributed by atoms with Crippen LogP contribution in [0.2, 0.25) is 0 Å². The molecule has 0 spiro atoms. The third kappa shape index (κ3) is 4.84. The molecular formula is C19H31N3O3. The van der Waals surface area contributed by atoms with Gasteiger partial charge in [0.15, 0.2) is 0 Å². The molecule has 2 N–H and O–H groups in total. The first-order valence-corrected chi connectivity index (χ1v) is 9.37. The number of nitrogens with zero attached hydrogens (tertiary/aromatic N) is 1. The number of hydrogen-bond acceptors (Lipinski definition) is 4. The molecule has 1 aromatic heterocycles. The van der Waals surface area contributed by atoms with Crippen molar-refractivity contribution in [3.63, 3.8) is 0 Å². The maximum atomic E-state index is 13.0. The average molecular weight is 349 g/mol. The van der Waals surface area contributed by atoms with Crippen molar-refractivity contribution in [3.8, 4) is 0 Å². The fourth-order valence-electron chi connectivity index (χ4n) is 3.81. The highest BCUT2D eigenvalue weighted by Crippen LogP contribution is 2.29. The van der Waals surface area contributed by atoms with Crippen molar-refractivity contribution in [2.45, 2.75) is 64.5 Å². The highest BCUT2D eigenvalue weighted by Gasteiger charge is 2.40. The lowest BCUT2D eigenvalue weighted by Gasteiger charge is -2.37. The number of rotatable bonds is 8. The van der Waals surface area contributed by atoms with Gasteiger partial charge in [0.25, 0.3) is 0 Å². The number of likely N-dealkylation sites (N-methyl/N-ethyl adjacent to an activating group) is 1. The molecule has 0 radical (unpaired) electrons.